The van der Waals surface area contributed by atoms with Crippen molar-refractivity contribution in [1.82, 2.24) is 25.1 Å². The number of carboxylic acid groups (broad SMARTS) is 1. The topological polar surface area (TPSA) is 133 Å². The van der Waals surface area contributed by atoms with Gasteiger partial charge in [0.05, 0.1) is 5.69 Å². The van der Waals surface area contributed by atoms with Crippen LogP contribution in [0.2, 0.25) is 0 Å². The van der Waals surface area contributed by atoms with E-state index in [9.17, 15) is 4.79 Å². The van der Waals surface area contributed by atoms with Gasteiger partial charge >= 0.3 is 5.97 Å². The summed E-state index contributed by atoms with van der Waals surface area (Å²) < 4.78 is 6.59. The molecule has 9 nitrogen and oxygen atoms in total. The van der Waals surface area contributed by atoms with Crippen LogP contribution in [-0.2, 0) is 17.8 Å². The van der Waals surface area contributed by atoms with Crippen LogP contribution < -0.4 is 5.73 Å². The summed E-state index contributed by atoms with van der Waals surface area (Å²) in [4.78, 5) is 14.9. The molecule has 20 heavy (non-hydrogen) atoms. The highest BCUT2D eigenvalue weighted by molar-refractivity contribution is 5.73. The Morgan fingerprint density at radius 1 is 1.55 bits per heavy atom. The second kappa shape index (κ2) is 5.78. The first kappa shape index (κ1) is 14.1. The number of aliphatic carboxylic acids is 1. The van der Waals surface area contributed by atoms with E-state index in [1.807, 2.05) is 13.8 Å². The fraction of sp³-hybridized carbons (Fsp3) is 0.545. The van der Waals surface area contributed by atoms with E-state index >= 15 is 0 Å². The van der Waals surface area contributed by atoms with Crippen LogP contribution in [0.15, 0.2) is 10.7 Å². The van der Waals surface area contributed by atoms with Crippen LogP contribution in [0.5, 0.6) is 0 Å². The number of nitrogens with zero attached hydrogens (tertiary/aromatic N) is 5. The molecule has 2 heterocycles. The lowest BCUT2D eigenvalue weighted by molar-refractivity contribution is -0.138. The van der Waals surface area contributed by atoms with Crippen molar-refractivity contribution >= 4 is 5.97 Å². The molecule has 9 heteroatoms. The van der Waals surface area contributed by atoms with Gasteiger partial charge in [-0.15, -0.1) is 5.10 Å². The lowest BCUT2D eigenvalue weighted by Crippen LogP contribution is -2.32. The fourth-order valence-corrected chi connectivity index (χ4v) is 1.53. The molecule has 0 aromatic carbocycles. The molecule has 0 amide bonds. The first-order chi connectivity index (χ1) is 9.45. The number of nitrogens with two attached hydrogens (primary N) is 1. The van der Waals surface area contributed by atoms with E-state index in [0.717, 1.165) is 0 Å². The maximum Gasteiger partial charge on any atom is 0.320 e. The molecule has 2 aromatic rings. The Hall–Kier alpha value is -2.29. The summed E-state index contributed by atoms with van der Waals surface area (Å²) in [5.74, 6) is 0.149. The summed E-state index contributed by atoms with van der Waals surface area (Å²) in [6, 6.07) is -0.988. The average Bonchev–Trinajstić information content (AvgIpc) is 2.99. The normalized spacial score (nSPS) is 12.8. The highest BCUT2D eigenvalue weighted by atomic mass is 16.5. The van der Waals surface area contributed by atoms with Crippen molar-refractivity contribution in [2.45, 2.75) is 38.8 Å². The van der Waals surface area contributed by atoms with Gasteiger partial charge in [0.2, 0.25) is 5.89 Å². The predicted octanol–water partition coefficient (Wildman–Crippen LogP) is -0.213. The molecule has 0 aliphatic carbocycles. The van der Waals surface area contributed by atoms with E-state index in [2.05, 4.69) is 20.5 Å². The summed E-state index contributed by atoms with van der Waals surface area (Å²) in [6.45, 7) is 4.22. The Bertz CT molecular complexity index is 591. The molecular weight excluding hydrogens is 264 g/mol. The zero-order chi connectivity index (χ0) is 14.7. The highest BCUT2D eigenvalue weighted by Gasteiger charge is 2.15. The first-order valence-electron chi connectivity index (χ1n) is 6.15. The molecule has 1 atom stereocenters. The van der Waals surface area contributed by atoms with Crippen molar-refractivity contribution in [2.75, 3.05) is 0 Å². The van der Waals surface area contributed by atoms with Gasteiger partial charge in [-0.1, -0.05) is 24.2 Å². The van der Waals surface area contributed by atoms with Gasteiger partial charge in [0.25, 0.3) is 0 Å². The summed E-state index contributed by atoms with van der Waals surface area (Å²) in [6.07, 6.45) is 1.74. The SMILES string of the molecule is CC(C)c1nc(Cn2cc(CC(N)C(=O)O)nn2)no1. The predicted molar refractivity (Wildman–Crippen MR) is 66.8 cm³/mol. The second-order valence-electron chi connectivity index (χ2n) is 4.76. The third-order valence-electron chi connectivity index (χ3n) is 2.61. The third-order valence-corrected chi connectivity index (χ3v) is 2.61. The van der Waals surface area contributed by atoms with E-state index in [1.165, 1.54) is 4.68 Å². The Kier molecular flexibility index (Phi) is 4.08. The molecule has 0 fully saturated rings. The molecule has 0 aliphatic rings. The minimum Gasteiger partial charge on any atom is -0.480 e. The molecule has 0 saturated heterocycles. The maximum absolute atomic E-state index is 10.7. The molecule has 0 saturated carbocycles. The molecule has 108 valence electrons. The van der Waals surface area contributed by atoms with Gasteiger partial charge < -0.3 is 15.4 Å². The average molecular weight is 280 g/mol. The molecule has 3 N–H and O–H groups in total. The number of carbonyl (C=O) groups is 1. The van der Waals surface area contributed by atoms with E-state index in [4.69, 9.17) is 15.4 Å². The van der Waals surface area contributed by atoms with Crippen molar-refractivity contribution in [1.29, 1.82) is 0 Å². The minimum atomic E-state index is -1.07. The number of carboxylic acids is 1. The Morgan fingerprint density at radius 3 is 2.90 bits per heavy atom. The number of rotatable bonds is 6. The van der Waals surface area contributed by atoms with Crippen molar-refractivity contribution in [3.63, 3.8) is 0 Å². The monoisotopic (exact) mass is 280 g/mol. The van der Waals surface area contributed by atoms with Gasteiger partial charge in [0.1, 0.15) is 12.6 Å². The lowest BCUT2D eigenvalue weighted by atomic mass is 10.2. The second-order valence-corrected chi connectivity index (χ2v) is 4.76. The van der Waals surface area contributed by atoms with E-state index in [-0.39, 0.29) is 12.3 Å². The lowest BCUT2D eigenvalue weighted by Gasteiger charge is -2.01. The van der Waals surface area contributed by atoms with E-state index in [1.54, 1.807) is 6.20 Å². The van der Waals surface area contributed by atoms with Gasteiger partial charge in [-0.3, -0.25) is 4.79 Å². The number of hydrogen-bond donors (Lipinski definition) is 2. The van der Waals surface area contributed by atoms with Gasteiger partial charge in [-0.25, -0.2) is 4.68 Å². The standard InChI is InChI=1S/C11H16N6O3/c1-6(2)10-13-9(15-20-10)5-17-4-7(14-16-17)3-8(12)11(18)19/h4,6,8H,3,5,12H2,1-2H3,(H,18,19). The Morgan fingerprint density at radius 2 is 2.30 bits per heavy atom. The van der Waals surface area contributed by atoms with E-state index < -0.39 is 12.0 Å². The highest BCUT2D eigenvalue weighted by Crippen LogP contribution is 2.11. The molecule has 0 bridgehead atoms. The van der Waals surface area contributed by atoms with Crippen molar-refractivity contribution < 1.29 is 14.4 Å². The van der Waals surface area contributed by atoms with Crippen LogP contribution in [-0.4, -0.2) is 42.3 Å². The van der Waals surface area contributed by atoms with Crippen LogP contribution >= 0.6 is 0 Å². The quantitative estimate of drug-likeness (QED) is 0.742. The largest absolute Gasteiger partial charge is 0.480 e. The fourth-order valence-electron chi connectivity index (χ4n) is 1.53. The number of hydrogen-bond acceptors (Lipinski definition) is 7. The molecule has 2 rings (SSSR count). The summed E-state index contributed by atoms with van der Waals surface area (Å²) in [5.41, 5.74) is 5.94. The summed E-state index contributed by atoms with van der Waals surface area (Å²) in [5, 5.41) is 20.3. The zero-order valence-corrected chi connectivity index (χ0v) is 11.2. The summed E-state index contributed by atoms with van der Waals surface area (Å²) in [7, 11) is 0. The molecule has 0 radical (unpaired) electrons. The third kappa shape index (κ3) is 3.38. The van der Waals surface area contributed by atoms with Crippen LogP contribution in [0.1, 0.15) is 37.2 Å². The van der Waals surface area contributed by atoms with Crippen molar-refractivity contribution in [3.05, 3.63) is 23.6 Å². The summed E-state index contributed by atoms with van der Waals surface area (Å²) >= 11 is 0. The maximum atomic E-state index is 10.7. The van der Waals surface area contributed by atoms with Crippen LogP contribution in [0.4, 0.5) is 0 Å². The van der Waals surface area contributed by atoms with Crippen molar-refractivity contribution in [3.8, 4) is 0 Å². The molecule has 0 aliphatic heterocycles. The van der Waals surface area contributed by atoms with E-state index in [0.29, 0.717) is 24.0 Å². The van der Waals surface area contributed by atoms with Crippen molar-refractivity contribution in [2.24, 2.45) is 5.73 Å². The Balaban J connectivity index is 2.00. The smallest absolute Gasteiger partial charge is 0.320 e. The molecule has 1 unspecified atom stereocenters. The van der Waals surface area contributed by atoms with Crippen LogP contribution in [0, 0.1) is 0 Å². The van der Waals surface area contributed by atoms with Crippen LogP contribution in [0.25, 0.3) is 0 Å². The number of aromatic nitrogens is 5. The molecule has 2 aromatic heterocycles. The zero-order valence-electron chi connectivity index (χ0n) is 11.2. The van der Waals surface area contributed by atoms with Crippen LogP contribution in [0.3, 0.4) is 0 Å². The van der Waals surface area contributed by atoms with Gasteiger partial charge in [-0.2, -0.15) is 4.98 Å². The Labute approximate surface area is 114 Å². The molecule has 0 spiro atoms. The van der Waals surface area contributed by atoms with Gasteiger partial charge in [-0.05, 0) is 0 Å². The minimum absolute atomic E-state index is 0.124. The van der Waals surface area contributed by atoms with Gasteiger partial charge in [0.15, 0.2) is 5.82 Å². The van der Waals surface area contributed by atoms with Gasteiger partial charge in [0, 0.05) is 18.5 Å². The first-order valence-corrected chi connectivity index (χ1v) is 6.15. The molecular formula is C11H16N6O3.